The van der Waals surface area contributed by atoms with Gasteiger partial charge in [0.05, 0.1) is 19.0 Å². The van der Waals surface area contributed by atoms with Crippen LogP contribution in [-0.2, 0) is 4.79 Å². The van der Waals surface area contributed by atoms with Crippen molar-refractivity contribution in [3.05, 3.63) is 0 Å². The Labute approximate surface area is 196 Å². The van der Waals surface area contributed by atoms with E-state index in [0.29, 0.717) is 0 Å². The largest absolute Gasteiger partial charge is 0.480 e. The number of hydrogen-bond acceptors (Lipinski definition) is 4. The van der Waals surface area contributed by atoms with Crippen LogP contribution in [0.1, 0.15) is 116 Å². The number of hydrogen-bond donors (Lipinski definition) is 2. The van der Waals surface area contributed by atoms with Crippen LogP contribution in [0.25, 0.3) is 0 Å². The maximum Gasteiger partial charge on any atom is 0.318 e. The molecular formula is C25H49ClN2O3. The molecule has 0 aliphatic carbocycles. The molecule has 1 aliphatic rings. The highest BCUT2D eigenvalue weighted by Crippen LogP contribution is 2.15. The Morgan fingerprint density at radius 2 is 1.29 bits per heavy atom. The van der Waals surface area contributed by atoms with Gasteiger partial charge in [-0.25, -0.2) is 0 Å². The van der Waals surface area contributed by atoms with Gasteiger partial charge >= 0.3 is 5.97 Å². The number of aliphatic imine (C=N–C) groups is 1. The Hall–Kier alpha value is -0.810. The highest BCUT2D eigenvalue weighted by atomic mass is 35.5. The van der Waals surface area contributed by atoms with Gasteiger partial charge in [0.1, 0.15) is 5.88 Å². The van der Waals surface area contributed by atoms with Crippen molar-refractivity contribution in [3.8, 4) is 0 Å². The average Bonchev–Trinajstić information content (AvgIpc) is 3.21. The van der Waals surface area contributed by atoms with Crippen molar-refractivity contribution in [1.29, 1.82) is 0 Å². The second kappa shape index (κ2) is 23.8. The van der Waals surface area contributed by atoms with Gasteiger partial charge in [-0.3, -0.25) is 9.79 Å². The molecule has 5 nitrogen and oxygen atoms in total. The minimum atomic E-state index is -0.980. The first kappa shape index (κ1) is 30.2. The lowest BCUT2D eigenvalue weighted by Crippen LogP contribution is -2.30. The number of unbranched alkanes of at least 4 members (excludes halogenated alkanes) is 15. The molecule has 1 rings (SSSR count). The molecule has 6 heteroatoms. The number of carbonyl (C=O) groups is 1. The summed E-state index contributed by atoms with van der Waals surface area (Å²) in [4.78, 5) is 16.1. The van der Waals surface area contributed by atoms with Crippen LogP contribution in [0.4, 0.5) is 0 Å². The molecule has 0 saturated carbocycles. The number of amidine groups is 1. The predicted molar refractivity (Wildman–Crippen MR) is 133 cm³/mol. The molecule has 0 aromatic rings. The summed E-state index contributed by atoms with van der Waals surface area (Å²) in [5.41, 5.74) is 0. The maximum absolute atomic E-state index is 9.24. The first-order valence-corrected chi connectivity index (χ1v) is 13.4. The number of nitrogens with zero attached hydrogens (tertiary/aromatic N) is 2. The molecule has 0 aromatic carbocycles. The fourth-order valence-corrected chi connectivity index (χ4v) is 3.96. The maximum atomic E-state index is 9.24. The highest BCUT2D eigenvalue weighted by Gasteiger charge is 2.14. The lowest BCUT2D eigenvalue weighted by atomic mass is 10.0. The molecule has 31 heavy (non-hydrogen) atoms. The van der Waals surface area contributed by atoms with Crippen LogP contribution >= 0.6 is 11.6 Å². The zero-order valence-electron chi connectivity index (χ0n) is 20.1. The molecule has 0 fully saturated rings. The second-order valence-electron chi connectivity index (χ2n) is 8.59. The number of carboxylic acids is 1. The number of β-amino-alcohol motifs (C(OH)–C–C–N with tert-alkyl or cyclic N) is 1. The summed E-state index contributed by atoms with van der Waals surface area (Å²) in [5.74, 6) is -0.0453. The molecule has 184 valence electrons. The Morgan fingerprint density at radius 1 is 0.871 bits per heavy atom. The number of carboxylic acid groups (broad SMARTS) is 1. The molecule has 1 aliphatic heterocycles. The van der Waals surface area contributed by atoms with Crippen LogP contribution in [0, 0.1) is 0 Å². The summed E-state index contributed by atoms with van der Waals surface area (Å²) < 4.78 is 0. The lowest BCUT2D eigenvalue weighted by molar-refractivity contribution is -0.134. The molecule has 0 saturated heterocycles. The van der Waals surface area contributed by atoms with E-state index >= 15 is 0 Å². The molecular weight excluding hydrogens is 412 g/mol. The highest BCUT2D eigenvalue weighted by molar-refractivity contribution is 6.26. The second-order valence-corrected chi connectivity index (χ2v) is 8.86. The summed E-state index contributed by atoms with van der Waals surface area (Å²) in [7, 11) is 0. The Kier molecular flexibility index (Phi) is 23.2. The average molecular weight is 461 g/mol. The molecule has 0 radical (unpaired) electrons. The summed E-state index contributed by atoms with van der Waals surface area (Å²) in [5, 5.41) is 16.7. The predicted octanol–water partition coefficient (Wildman–Crippen LogP) is 6.65. The first-order chi connectivity index (χ1) is 15.2. The van der Waals surface area contributed by atoms with E-state index in [1.54, 1.807) is 0 Å². The van der Waals surface area contributed by atoms with E-state index in [-0.39, 0.29) is 12.5 Å². The summed E-state index contributed by atoms with van der Waals surface area (Å²) in [6, 6.07) is 0. The SMILES string of the molecule is CCCCCCCCCCCCCCCCCCC1=NCCN1CCO.O=C(O)CCl. The van der Waals surface area contributed by atoms with Gasteiger partial charge in [-0.15, -0.1) is 11.6 Å². The van der Waals surface area contributed by atoms with Crippen LogP contribution in [0.2, 0.25) is 0 Å². The zero-order chi connectivity index (χ0) is 23.0. The summed E-state index contributed by atoms with van der Waals surface area (Å²) in [6.07, 6.45) is 23.8. The molecule has 0 amide bonds. The molecule has 0 spiro atoms. The normalized spacial score (nSPS) is 13.1. The standard InChI is InChI=1S/C23H46N2O.C2H3ClO2/c1-2-3-4-5-6-7-8-9-10-11-12-13-14-15-16-17-18-23-24-19-20-25(23)21-22-26;3-1-2(4)5/h26H,2-22H2,1H3;1H2,(H,4,5). The molecule has 0 atom stereocenters. The Balaban J connectivity index is 0.00000161. The van der Waals surface area contributed by atoms with Crippen LogP contribution < -0.4 is 0 Å². The van der Waals surface area contributed by atoms with Gasteiger partial charge in [-0.1, -0.05) is 103 Å². The van der Waals surface area contributed by atoms with Gasteiger partial charge < -0.3 is 15.1 Å². The van der Waals surface area contributed by atoms with Gasteiger partial charge in [0.2, 0.25) is 0 Å². The third-order valence-electron chi connectivity index (χ3n) is 5.77. The molecule has 0 bridgehead atoms. The van der Waals surface area contributed by atoms with Crippen molar-refractivity contribution in [2.45, 2.75) is 116 Å². The number of alkyl halides is 1. The summed E-state index contributed by atoms with van der Waals surface area (Å²) >= 11 is 4.74. The Morgan fingerprint density at radius 3 is 1.68 bits per heavy atom. The lowest BCUT2D eigenvalue weighted by Gasteiger charge is -2.18. The molecule has 1 heterocycles. The van der Waals surface area contributed by atoms with Crippen LogP contribution in [0.15, 0.2) is 4.99 Å². The van der Waals surface area contributed by atoms with Gasteiger partial charge in [0, 0.05) is 19.5 Å². The fraction of sp³-hybridized carbons (Fsp3) is 0.920. The number of aliphatic carboxylic acids is 1. The van der Waals surface area contributed by atoms with E-state index < -0.39 is 5.97 Å². The van der Waals surface area contributed by atoms with Gasteiger partial charge in [0.25, 0.3) is 0 Å². The summed E-state index contributed by atoms with van der Waals surface area (Å²) in [6.45, 7) is 5.23. The van der Waals surface area contributed by atoms with Crippen molar-refractivity contribution < 1.29 is 15.0 Å². The van der Waals surface area contributed by atoms with E-state index in [0.717, 1.165) is 26.1 Å². The minimum Gasteiger partial charge on any atom is -0.480 e. The van der Waals surface area contributed by atoms with E-state index in [2.05, 4.69) is 16.8 Å². The van der Waals surface area contributed by atoms with Gasteiger partial charge in [0.15, 0.2) is 0 Å². The smallest absolute Gasteiger partial charge is 0.318 e. The van der Waals surface area contributed by atoms with Crippen molar-refractivity contribution >= 4 is 23.4 Å². The third kappa shape index (κ3) is 20.8. The van der Waals surface area contributed by atoms with Crippen LogP contribution in [0.3, 0.4) is 0 Å². The Bertz CT molecular complexity index is 433. The van der Waals surface area contributed by atoms with Crippen molar-refractivity contribution in [1.82, 2.24) is 4.90 Å². The molecule has 2 N–H and O–H groups in total. The van der Waals surface area contributed by atoms with Crippen LogP contribution in [0.5, 0.6) is 0 Å². The van der Waals surface area contributed by atoms with Crippen LogP contribution in [-0.4, -0.2) is 59.0 Å². The monoisotopic (exact) mass is 460 g/mol. The molecule has 0 unspecified atom stereocenters. The quantitative estimate of drug-likeness (QED) is 0.157. The topological polar surface area (TPSA) is 73.1 Å². The van der Waals surface area contributed by atoms with Crippen molar-refractivity contribution in [2.75, 3.05) is 32.1 Å². The number of halogens is 1. The van der Waals surface area contributed by atoms with Gasteiger partial charge in [-0.2, -0.15) is 0 Å². The zero-order valence-corrected chi connectivity index (χ0v) is 20.9. The van der Waals surface area contributed by atoms with E-state index in [4.69, 9.17) is 21.8 Å². The van der Waals surface area contributed by atoms with E-state index in [1.807, 2.05) is 0 Å². The molecule has 0 aromatic heterocycles. The number of aliphatic hydroxyl groups is 1. The van der Waals surface area contributed by atoms with Gasteiger partial charge in [-0.05, 0) is 6.42 Å². The first-order valence-electron chi connectivity index (χ1n) is 12.8. The fourth-order valence-electron chi connectivity index (χ4n) is 3.96. The minimum absolute atomic E-state index is 0.248. The van der Waals surface area contributed by atoms with Crippen molar-refractivity contribution in [3.63, 3.8) is 0 Å². The van der Waals surface area contributed by atoms with Crippen molar-refractivity contribution in [2.24, 2.45) is 4.99 Å². The third-order valence-corrected chi connectivity index (χ3v) is 6.00. The van der Waals surface area contributed by atoms with E-state index in [9.17, 15) is 4.79 Å². The number of rotatable bonds is 20. The number of aliphatic hydroxyl groups excluding tert-OH is 1. The van der Waals surface area contributed by atoms with E-state index in [1.165, 1.54) is 109 Å².